The molecule has 0 bridgehead atoms. The van der Waals surface area contributed by atoms with Crippen LogP contribution in [0, 0.1) is 5.92 Å². The molecule has 1 saturated heterocycles. The van der Waals surface area contributed by atoms with Crippen LogP contribution in [0.5, 0.6) is 5.75 Å². The summed E-state index contributed by atoms with van der Waals surface area (Å²) in [6.07, 6.45) is 0.417. The molecule has 3 rings (SSSR count). The van der Waals surface area contributed by atoms with Crippen LogP contribution in [0.2, 0.25) is 0 Å². The Labute approximate surface area is 192 Å². The second kappa shape index (κ2) is 9.72. The van der Waals surface area contributed by atoms with E-state index in [1.807, 2.05) is 13.8 Å². The summed E-state index contributed by atoms with van der Waals surface area (Å²) >= 11 is 0. The SMILES string of the molecule is COc1ccc(C2(C)NC(=O)N(CC(=O)Nc3ccc(NC(=O)CC(C)C)cc3)C2=O)cc1. The maximum atomic E-state index is 13.0. The second-order valence-corrected chi connectivity index (χ2v) is 8.45. The molecule has 33 heavy (non-hydrogen) atoms. The summed E-state index contributed by atoms with van der Waals surface area (Å²) in [7, 11) is 1.54. The summed E-state index contributed by atoms with van der Waals surface area (Å²) in [5, 5.41) is 8.12. The summed E-state index contributed by atoms with van der Waals surface area (Å²) in [5.74, 6) is -0.244. The first-order valence-electron chi connectivity index (χ1n) is 10.6. The van der Waals surface area contributed by atoms with Crippen LogP contribution in [0.1, 0.15) is 32.8 Å². The van der Waals surface area contributed by atoms with Crippen molar-refractivity contribution in [2.75, 3.05) is 24.3 Å². The maximum Gasteiger partial charge on any atom is 0.325 e. The van der Waals surface area contributed by atoms with E-state index in [-0.39, 0.29) is 11.8 Å². The molecule has 1 heterocycles. The summed E-state index contributed by atoms with van der Waals surface area (Å²) in [4.78, 5) is 50.7. The van der Waals surface area contributed by atoms with Gasteiger partial charge in [-0.05, 0) is 54.8 Å². The number of methoxy groups -OCH3 is 1. The van der Waals surface area contributed by atoms with Gasteiger partial charge >= 0.3 is 6.03 Å². The Kier molecular flexibility index (Phi) is 7.01. The minimum Gasteiger partial charge on any atom is -0.497 e. The molecule has 2 aromatic carbocycles. The molecule has 0 saturated carbocycles. The zero-order valence-corrected chi connectivity index (χ0v) is 19.1. The number of hydrogen-bond acceptors (Lipinski definition) is 5. The van der Waals surface area contributed by atoms with E-state index in [2.05, 4.69) is 16.0 Å². The molecule has 1 aliphatic rings. The van der Waals surface area contributed by atoms with Gasteiger partial charge in [0.25, 0.3) is 5.91 Å². The molecule has 1 atom stereocenters. The minimum absolute atomic E-state index is 0.0831. The van der Waals surface area contributed by atoms with E-state index in [4.69, 9.17) is 4.74 Å². The number of nitrogens with zero attached hydrogens (tertiary/aromatic N) is 1. The number of carbonyl (C=O) groups is 4. The molecule has 9 nitrogen and oxygen atoms in total. The lowest BCUT2D eigenvalue weighted by Gasteiger charge is -2.22. The third-order valence-electron chi connectivity index (χ3n) is 5.29. The quantitative estimate of drug-likeness (QED) is 0.532. The fourth-order valence-corrected chi connectivity index (χ4v) is 3.52. The molecule has 1 fully saturated rings. The van der Waals surface area contributed by atoms with Gasteiger partial charge in [0.2, 0.25) is 11.8 Å². The van der Waals surface area contributed by atoms with Crippen LogP contribution in [0.3, 0.4) is 0 Å². The third kappa shape index (κ3) is 5.49. The fraction of sp³-hybridized carbons (Fsp3) is 0.333. The smallest absolute Gasteiger partial charge is 0.325 e. The number of imide groups is 1. The Bertz CT molecular complexity index is 1050. The molecule has 2 aromatic rings. The Morgan fingerprint density at radius 3 is 2.03 bits per heavy atom. The van der Waals surface area contributed by atoms with Crippen LogP contribution >= 0.6 is 0 Å². The average Bonchev–Trinajstić information content (AvgIpc) is 2.98. The predicted molar refractivity (Wildman–Crippen MR) is 124 cm³/mol. The standard InChI is InChI=1S/C24H28N4O5/c1-15(2)13-20(29)25-17-7-9-18(10-8-17)26-21(30)14-28-22(31)24(3,27-23(28)32)16-5-11-19(33-4)12-6-16/h5-12,15H,13-14H2,1-4H3,(H,25,29)(H,26,30)(H,27,32). The molecule has 0 aromatic heterocycles. The van der Waals surface area contributed by atoms with Gasteiger partial charge in [0, 0.05) is 17.8 Å². The number of urea groups is 1. The monoisotopic (exact) mass is 452 g/mol. The lowest BCUT2D eigenvalue weighted by Crippen LogP contribution is -2.42. The number of carbonyl (C=O) groups excluding carboxylic acids is 4. The first kappa shape index (κ1) is 23.8. The molecule has 0 aliphatic carbocycles. The van der Waals surface area contributed by atoms with Gasteiger partial charge in [0.15, 0.2) is 0 Å². The van der Waals surface area contributed by atoms with Gasteiger partial charge in [-0.15, -0.1) is 0 Å². The van der Waals surface area contributed by atoms with Gasteiger partial charge in [-0.25, -0.2) is 4.79 Å². The van der Waals surface area contributed by atoms with Crippen molar-refractivity contribution in [1.29, 1.82) is 0 Å². The van der Waals surface area contributed by atoms with Crippen molar-refractivity contribution in [1.82, 2.24) is 10.2 Å². The maximum absolute atomic E-state index is 13.0. The minimum atomic E-state index is -1.28. The molecule has 1 unspecified atom stereocenters. The van der Waals surface area contributed by atoms with Crippen LogP contribution in [0.25, 0.3) is 0 Å². The number of ether oxygens (including phenoxy) is 1. The Morgan fingerprint density at radius 1 is 0.970 bits per heavy atom. The molecule has 174 valence electrons. The zero-order chi connectivity index (χ0) is 24.2. The predicted octanol–water partition coefficient (Wildman–Crippen LogP) is 3.09. The van der Waals surface area contributed by atoms with Crippen molar-refractivity contribution in [2.45, 2.75) is 32.7 Å². The van der Waals surface area contributed by atoms with E-state index in [1.165, 1.54) is 7.11 Å². The van der Waals surface area contributed by atoms with E-state index in [0.717, 1.165) is 4.90 Å². The van der Waals surface area contributed by atoms with Crippen molar-refractivity contribution in [3.05, 3.63) is 54.1 Å². The number of hydrogen-bond donors (Lipinski definition) is 3. The fourth-order valence-electron chi connectivity index (χ4n) is 3.52. The van der Waals surface area contributed by atoms with Crippen LogP contribution in [0.15, 0.2) is 48.5 Å². The summed E-state index contributed by atoms with van der Waals surface area (Å²) < 4.78 is 5.13. The van der Waals surface area contributed by atoms with E-state index >= 15 is 0 Å². The number of nitrogens with one attached hydrogen (secondary N) is 3. The van der Waals surface area contributed by atoms with E-state index in [9.17, 15) is 19.2 Å². The largest absolute Gasteiger partial charge is 0.497 e. The number of amides is 5. The van der Waals surface area contributed by atoms with Gasteiger partial charge in [-0.1, -0.05) is 26.0 Å². The van der Waals surface area contributed by atoms with Crippen molar-refractivity contribution in [2.24, 2.45) is 5.92 Å². The molecule has 0 radical (unpaired) electrons. The van der Waals surface area contributed by atoms with Crippen LogP contribution in [0.4, 0.5) is 16.2 Å². The van der Waals surface area contributed by atoms with Gasteiger partial charge in [0.1, 0.15) is 17.8 Å². The van der Waals surface area contributed by atoms with Crippen molar-refractivity contribution in [3.8, 4) is 5.75 Å². The lowest BCUT2D eigenvalue weighted by molar-refractivity contribution is -0.133. The highest BCUT2D eigenvalue weighted by Crippen LogP contribution is 2.30. The highest BCUT2D eigenvalue weighted by molar-refractivity contribution is 6.10. The summed E-state index contributed by atoms with van der Waals surface area (Å²) in [6, 6.07) is 12.8. The highest BCUT2D eigenvalue weighted by atomic mass is 16.5. The highest BCUT2D eigenvalue weighted by Gasteiger charge is 2.49. The van der Waals surface area contributed by atoms with Crippen LogP contribution in [-0.2, 0) is 19.9 Å². The van der Waals surface area contributed by atoms with E-state index in [0.29, 0.717) is 29.1 Å². The zero-order valence-electron chi connectivity index (χ0n) is 19.1. The van der Waals surface area contributed by atoms with E-state index < -0.39 is 29.9 Å². The molecular formula is C24H28N4O5. The summed E-state index contributed by atoms with van der Waals surface area (Å²) in [5.41, 5.74) is 0.397. The van der Waals surface area contributed by atoms with Gasteiger partial charge in [-0.3, -0.25) is 19.3 Å². The Hall–Kier alpha value is -3.88. The Balaban J connectivity index is 1.61. The van der Waals surface area contributed by atoms with Crippen LogP contribution in [-0.4, -0.2) is 42.3 Å². The third-order valence-corrected chi connectivity index (χ3v) is 5.29. The summed E-state index contributed by atoms with van der Waals surface area (Å²) in [6.45, 7) is 5.09. The van der Waals surface area contributed by atoms with Gasteiger partial charge < -0.3 is 20.7 Å². The number of anilines is 2. The number of rotatable bonds is 8. The van der Waals surface area contributed by atoms with Gasteiger partial charge in [-0.2, -0.15) is 0 Å². The van der Waals surface area contributed by atoms with Crippen molar-refractivity contribution in [3.63, 3.8) is 0 Å². The topological polar surface area (TPSA) is 117 Å². The first-order chi connectivity index (χ1) is 15.6. The molecule has 0 spiro atoms. The Morgan fingerprint density at radius 2 is 1.52 bits per heavy atom. The molecule has 1 aliphatic heterocycles. The lowest BCUT2D eigenvalue weighted by atomic mass is 9.92. The van der Waals surface area contributed by atoms with E-state index in [1.54, 1.807) is 55.5 Å². The number of benzene rings is 2. The molecule has 9 heteroatoms. The van der Waals surface area contributed by atoms with Gasteiger partial charge in [0.05, 0.1) is 7.11 Å². The molecule has 5 amide bonds. The first-order valence-corrected chi connectivity index (χ1v) is 10.6. The average molecular weight is 453 g/mol. The normalized spacial score (nSPS) is 17.7. The second-order valence-electron chi connectivity index (χ2n) is 8.45. The van der Waals surface area contributed by atoms with Crippen molar-refractivity contribution >= 4 is 35.1 Å². The molecular weight excluding hydrogens is 424 g/mol. The molecule has 3 N–H and O–H groups in total. The van der Waals surface area contributed by atoms with Crippen LogP contribution < -0.4 is 20.7 Å². The van der Waals surface area contributed by atoms with Crippen molar-refractivity contribution < 1.29 is 23.9 Å².